The predicted molar refractivity (Wildman–Crippen MR) is 80.9 cm³/mol. The Morgan fingerprint density at radius 1 is 1.48 bits per heavy atom. The molecule has 110 valence electrons. The van der Waals surface area contributed by atoms with Crippen molar-refractivity contribution in [3.8, 4) is 11.5 Å². The monoisotopic (exact) mass is 286 g/mol. The largest absolute Gasteiger partial charge is 0.493 e. The van der Waals surface area contributed by atoms with E-state index in [1.165, 1.54) is 0 Å². The van der Waals surface area contributed by atoms with Crippen molar-refractivity contribution >= 4 is 17.8 Å². The molecule has 1 saturated heterocycles. The van der Waals surface area contributed by atoms with Gasteiger partial charge in [-0.15, -0.1) is 0 Å². The summed E-state index contributed by atoms with van der Waals surface area (Å²) in [5, 5.41) is 0. The molecule has 2 heterocycles. The Kier molecular flexibility index (Phi) is 3.64. The number of hydrogen-bond acceptors (Lipinski definition) is 4. The molecule has 1 aromatic rings. The van der Waals surface area contributed by atoms with Crippen LogP contribution in [-0.4, -0.2) is 43.3 Å². The van der Waals surface area contributed by atoms with E-state index in [4.69, 9.17) is 9.47 Å². The molecule has 0 aromatic heterocycles. The van der Waals surface area contributed by atoms with Crippen molar-refractivity contribution in [1.82, 2.24) is 4.90 Å². The summed E-state index contributed by atoms with van der Waals surface area (Å²) < 4.78 is 10.9. The SMILES string of the molecule is C=CCOc1cc2c(cc1OC)C(=O)N1CCC[C@H]1C=N2. The van der Waals surface area contributed by atoms with Crippen molar-refractivity contribution in [2.75, 3.05) is 20.3 Å². The van der Waals surface area contributed by atoms with Gasteiger partial charge in [-0.2, -0.15) is 0 Å². The minimum absolute atomic E-state index is 0.0126. The maximum atomic E-state index is 12.6. The summed E-state index contributed by atoms with van der Waals surface area (Å²) in [6.45, 7) is 4.79. The van der Waals surface area contributed by atoms with E-state index in [0.717, 1.165) is 19.4 Å². The zero-order valence-electron chi connectivity index (χ0n) is 12.0. The number of carbonyl (C=O) groups is 1. The van der Waals surface area contributed by atoms with E-state index in [2.05, 4.69) is 11.6 Å². The second-order valence-corrected chi connectivity index (χ2v) is 5.11. The van der Waals surface area contributed by atoms with Crippen molar-refractivity contribution in [1.29, 1.82) is 0 Å². The van der Waals surface area contributed by atoms with Crippen LogP contribution in [0, 0.1) is 0 Å². The van der Waals surface area contributed by atoms with Gasteiger partial charge in [-0.25, -0.2) is 0 Å². The highest BCUT2D eigenvalue weighted by Gasteiger charge is 2.32. The van der Waals surface area contributed by atoms with Crippen LogP contribution < -0.4 is 9.47 Å². The topological polar surface area (TPSA) is 51.1 Å². The van der Waals surface area contributed by atoms with Crippen LogP contribution in [0.5, 0.6) is 11.5 Å². The van der Waals surface area contributed by atoms with Crippen LogP contribution in [-0.2, 0) is 0 Å². The molecule has 21 heavy (non-hydrogen) atoms. The molecule has 0 N–H and O–H groups in total. The van der Waals surface area contributed by atoms with Crippen LogP contribution in [0.25, 0.3) is 0 Å². The minimum atomic E-state index is 0.0126. The first-order chi connectivity index (χ1) is 10.2. The van der Waals surface area contributed by atoms with Gasteiger partial charge in [-0.3, -0.25) is 9.79 Å². The summed E-state index contributed by atoms with van der Waals surface area (Å²) in [5.41, 5.74) is 1.20. The van der Waals surface area contributed by atoms with Crippen molar-refractivity contribution in [2.24, 2.45) is 4.99 Å². The summed E-state index contributed by atoms with van der Waals surface area (Å²) in [5.74, 6) is 1.12. The van der Waals surface area contributed by atoms with Crippen LogP contribution in [0.2, 0.25) is 0 Å². The molecule has 0 radical (unpaired) electrons. The number of carbonyl (C=O) groups excluding carboxylic acids is 1. The maximum Gasteiger partial charge on any atom is 0.256 e. The average molecular weight is 286 g/mol. The van der Waals surface area contributed by atoms with E-state index < -0.39 is 0 Å². The Hall–Kier alpha value is -2.30. The lowest BCUT2D eigenvalue weighted by Crippen LogP contribution is -2.35. The van der Waals surface area contributed by atoms with Gasteiger partial charge in [-0.1, -0.05) is 12.7 Å². The van der Waals surface area contributed by atoms with E-state index in [0.29, 0.717) is 29.4 Å². The number of methoxy groups -OCH3 is 1. The van der Waals surface area contributed by atoms with E-state index in [1.54, 1.807) is 25.3 Å². The standard InChI is InChI=1S/C16H18N2O3/c1-3-7-21-15-9-13-12(8-14(15)20-2)16(19)18-6-4-5-11(18)10-17-13/h3,8-11H,1,4-7H2,2H3/t11-/m0/s1. The average Bonchev–Trinajstić information content (AvgIpc) is 2.93. The molecule has 3 rings (SSSR count). The molecule has 5 nitrogen and oxygen atoms in total. The van der Waals surface area contributed by atoms with Crippen LogP contribution in [0.3, 0.4) is 0 Å². The quantitative estimate of drug-likeness (QED) is 0.799. The molecular formula is C16H18N2O3. The predicted octanol–water partition coefficient (Wildman–Crippen LogP) is 2.58. The van der Waals surface area contributed by atoms with Gasteiger partial charge in [0.25, 0.3) is 5.91 Å². The highest BCUT2D eigenvalue weighted by Crippen LogP contribution is 2.37. The maximum absolute atomic E-state index is 12.6. The lowest BCUT2D eigenvalue weighted by Gasteiger charge is -2.20. The molecule has 1 amide bonds. The molecule has 1 aromatic carbocycles. The van der Waals surface area contributed by atoms with Crippen molar-refractivity contribution in [3.05, 3.63) is 30.4 Å². The summed E-state index contributed by atoms with van der Waals surface area (Å²) in [6.07, 6.45) is 5.52. The Bertz CT molecular complexity index is 610. The molecule has 0 bridgehead atoms. The number of ether oxygens (including phenoxy) is 2. The Labute approximate surface area is 123 Å². The Morgan fingerprint density at radius 3 is 3.10 bits per heavy atom. The third kappa shape index (κ3) is 2.39. The van der Waals surface area contributed by atoms with E-state index in [9.17, 15) is 4.79 Å². The van der Waals surface area contributed by atoms with Crippen molar-refractivity contribution < 1.29 is 14.3 Å². The molecule has 5 heteroatoms. The lowest BCUT2D eigenvalue weighted by atomic mass is 10.1. The number of nitrogens with zero attached hydrogens (tertiary/aromatic N) is 2. The Morgan fingerprint density at radius 2 is 2.33 bits per heavy atom. The van der Waals surface area contributed by atoms with E-state index >= 15 is 0 Å². The van der Waals surface area contributed by atoms with Gasteiger partial charge in [0, 0.05) is 18.8 Å². The molecule has 0 aliphatic carbocycles. The molecule has 0 unspecified atom stereocenters. The van der Waals surface area contributed by atoms with Crippen LogP contribution in [0.15, 0.2) is 29.8 Å². The van der Waals surface area contributed by atoms with Crippen LogP contribution in [0.1, 0.15) is 23.2 Å². The van der Waals surface area contributed by atoms with Crippen molar-refractivity contribution in [3.63, 3.8) is 0 Å². The van der Waals surface area contributed by atoms with Crippen molar-refractivity contribution in [2.45, 2.75) is 18.9 Å². The van der Waals surface area contributed by atoms with E-state index in [-0.39, 0.29) is 11.9 Å². The fourth-order valence-corrected chi connectivity index (χ4v) is 2.77. The molecule has 2 aliphatic heterocycles. The number of rotatable bonds is 4. The lowest BCUT2D eigenvalue weighted by molar-refractivity contribution is 0.0774. The first-order valence-electron chi connectivity index (χ1n) is 7.05. The molecule has 1 atom stereocenters. The number of benzene rings is 1. The fraction of sp³-hybridized carbons (Fsp3) is 0.375. The summed E-state index contributed by atoms with van der Waals surface area (Å²) in [4.78, 5) is 19.0. The second kappa shape index (κ2) is 5.60. The van der Waals surface area contributed by atoms with Gasteiger partial charge < -0.3 is 14.4 Å². The Balaban J connectivity index is 2.04. The number of amides is 1. The first kappa shape index (κ1) is 13.7. The fourth-order valence-electron chi connectivity index (χ4n) is 2.77. The normalized spacial score (nSPS) is 19.8. The van der Waals surface area contributed by atoms with Gasteiger partial charge in [-0.05, 0) is 18.9 Å². The zero-order chi connectivity index (χ0) is 14.8. The minimum Gasteiger partial charge on any atom is -0.493 e. The third-order valence-corrected chi connectivity index (χ3v) is 3.81. The molecule has 2 aliphatic rings. The van der Waals surface area contributed by atoms with Gasteiger partial charge in [0.05, 0.1) is 24.4 Å². The van der Waals surface area contributed by atoms with Gasteiger partial charge in [0.2, 0.25) is 0 Å². The highest BCUT2D eigenvalue weighted by molar-refractivity contribution is 6.03. The zero-order valence-corrected chi connectivity index (χ0v) is 12.0. The summed E-state index contributed by atoms with van der Waals surface area (Å²) in [7, 11) is 1.56. The molecular weight excluding hydrogens is 268 g/mol. The number of aliphatic imine (C=N–C) groups is 1. The molecule has 1 fully saturated rings. The van der Waals surface area contributed by atoms with Gasteiger partial charge >= 0.3 is 0 Å². The number of hydrogen-bond donors (Lipinski definition) is 0. The second-order valence-electron chi connectivity index (χ2n) is 5.11. The molecule has 0 saturated carbocycles. The van der Waals surface area contributed by atoms with Crippen LogP contribution in [0.4, 0.5) is 5.69 Å². The van der Waals surface area contributed by atoms with Gasteiger partial charge in [0.15, 0.2) is 11.5 Å². The smallest absolute Gasteiger partial charge is 0.256 e. The highest BCUT2D eigenvalue weighted by atomic mass is 16.5. The summed E-state index contributed by atoms with van der Waals surface area (Å²) >= 11 is 0. The number of fused-ring (bicyclic) bond motifs is 2. The van der Waals surface area contributed by atoms with E-state index in [1.807, 2.05) is 11.1 Å². The summed E-state index contributed by atoms with van der Waals surface area (Å²) in [6, 6.07) is 3.58. The molecule has 0 spiro atoms. The first-order valence-corrected chi connectivity index (χ1v) is 7.05. The van der Waals surface area contributed by atoms with Crippen LogP contribution >= 0.6 is 0 Å². The van der Waals surface area contributed by atoms with Gasteiger partial charge in [0.1, 0.15) is 6.61 Å². The third-order valence-electron chi connectivity index (χ3n) is 3.81.